The molecule has 5 nitrogen and oxygen atoms in total. The van der Waals surface area contributed by atoms with Crippen LogP contribution < -0.4 is 5.73 Å². The number of carbonyl (C=O) groups is 1. The first-order valence-electron chi connectivity index (χ1n) is 4.80. The monoisotopic (exact) mass is 251 g/mol. The second kappa shape index (κ2) is 4.64. The van der Waals surface area contributed by atoms with E-state index in [4.69, 9.17) is 5.73 Å². The Morgan fingerprint density at radius 3 is 2.53 bits per heavy atom. The first-order valence-corrected chi connectivity index (χ1v) is 4.80. The average molecular weight is 251 g/mol. The fourth-order valence-electron chi connectivity index (χ4n) is 1.39. The van der Waals surface area contributed by atoms with Crippen molar-refractivity contribution in [2.75, 3.05) is 12.8 Å². The first-order chi connectivity index (χ1) is 7.80. The van der Waals surface area contributed by atoms with Crippen molar-refractivity contribution in [3.8, 4) is 0 Å². The van der Waals surface area contributed by atoms with Crippen molar-refractivity contribution < 1.29 is 22.7 Å². The van der Waals surface area contributed by atoms with Crippen molar-refractivity contribution >= 4 is 11.8 Å². The number of alkyl halides is 3. The lowest BCUT2D eigenvalue weighted by Crippen LogP contribution is -2.21. The molecule has 0 aliphatic carbocycles. The summed E-state index contributed by atoms with van der Waals surface area (Å²) in [6.07, 6.45) is -4.19. The molecule has 1 heterocycles. The number of nitrogen functional groups attached to an aromatic ring is 1. The molecule has 0 radical (unpaired) electrons. The number of nitrogens with two attached hydrogens (primary N) is 1. The number of imidazole rings is 1. The highest BCUT2D eigenvalue weighted by Gasteiger charge is 2.32. The van der Waals surface area contributed by atoms with Gasteiger partial charge in [0.15, 0.2) is 5.69 Å². The molecule has 0 bridgehead atoms. The highest BCUT2D eigenvalue weighted by Crippen LogP contribution is 2.23. The van der Waals surface area contributed by atoms with Gasteiger partial charge in [0.2, 0.25) is 0 Å². The number of methoxy groups -OCH3 is 1. The topological polar surface area (TPSA) is 70.1 Å². The Kier molecular flexibility index (Phi) is 3.64. The molecule has 0 saturated carbocycles. The second-order valence-electron chi connectivity index (χ2n) is 3.31. The molecule has 8 heteroatoms. The predicted octanol–water partition coefficient (Wildman–Crippen LogP) is 1.38. The number of hydrogen-bond donors (Lipinski definition) is 1. The molecule has 0 atom stereocenters. The third-order valence-corrected chi connectivity index (χ3v) is 2.12. The Bertz CT molecular complexity index is 426. The summed E-state index contributed by atoms with van der Waals surface area (Å²) in [4.78, 5) is 15.0. The molecule has 2 N–H and O–H groups in total. The van der Waals surface area contributed by atoms with E-state index in [1.54, 1.807) is 6.92 Å². The van der Waals surface area contributed by atoms with Crippen molar-refractivity contribution in [3.05, 3.63) is 11.5 Å². The number of rotatable bonds is 3. The lowest BCUT2D eigenvalue weighted by molar-refractivity contribution is -0.140. The van der Waals surface area contributed by atoms with Gasteiger partial charge in [-0.15, -0.1) is 0 Å². The quantitative estimate of drug-likeness (QED) is 0.824. The van der Waals surface area contributed by atoms with Gasteiger partial charge in [0.1, 0.15) is 18.2 Å². The number of nitrogens with zero attached hydrogens (tertiary/aromatic N) is 2. The van der Waals surface area contributed by atoms with Gasteiger partial charge >= 0.3 is 12.1 Å². The highest BCUT2D eigenvalue weighted by atomic mass is 19.4. The molecule has 0 aliphatic heterocycles. The first kappa shape index (κ1) is 13.3. The Morgan fingerprint density at radius 2 is 2.12 bits per heavy atom. The van der Waals surface area contributed by atoms with E-state index in [0.717, 1.165) is 11.7 Å². The number of carbonyl (C=O) groups excluding carboxylic acids is 1. The van der Waals surface area contributed by atoms with Gasteiger partial charge in [0, 0.05) is 6.42 Å². The maximum atomic E-state index is 12.3. The third kappa shape index (κ3) is 2.89. The van der Waals surface area contributed by atoms with E-state index < -0.39 is 18.7 Å². The molecule has 1 aromatic heterocycles. The van der Waals surface area contributed by atoms with Gasteiger partial charge in [-0.25, -0.2) is 9.78 Å². The largest absolute Gasteiger partial charge is 0.464 e. The number of aryl methyl sites for hydroxylation is 1. The lowest BCUT2D eigenvalue weighted by atomic mass is 10.4. The molecular formula is C9H12F3N3O2. The molecule has 0 fully saturated rings. The zero-order valence-electron chi connectivity index (χ0n) is 9.34. The number of ether oxygens (including phenoxy) is 1. The maximum Gasteiger partial charge on any atom is 0.406 e. The molecular weight excluding hydrogens is 239 g/mol. The minimum atomic E-state index is -4.42. The van der Waals surface area contributed by atoms with Crippen LogP contribution in [0.2, 0.25) is 0 Å². The van der Waals surface area contributed by atoms with Crippen LogP contribution in [-0.2, 0) is 17.7 Å². The van der Waals surface area contributed by atoms with Gasteiger partial charge < -0.3 is 15.0 Å². The fourth-order valence-corrected chi connectivity index (χ4v) is 1.39. The second-order valence-corrected chi connectivity index (χ2v) is 3.31. The van der Waals surface area contributed by atoms with Gasteiger partial charge in [0.05, 0.1) is 7.11 Å². The van der Waals surface area contributed by atoms with Crippen LogP contribution in [0, 0.1) is 0 Å². The minimum Gasteiger partial charge on any atom is -0.464 e. The van der Waals surface area contributed by atoms with Crippen LogP contribution >= 0.6 is 0 Å². The van der Waals surface area contributed by atoms with Crippen LogP contribution in [0.5, 0.6) is 0 Å². The zero-order chi connectivity index (χ0) is 13.2. The van der Waals surface area contributed by atoms with Crippen molar-refractivity contribution in [1.29, 1.82) is 0 Å². The summed E-state index contributed by atoms with van der Waals surface area (Å²) in [5.41, 5.74) is 5.18. The average Bonchev–Trinajstić information content (AvgIpc) is 2.53. The van der Waals surface area contributed by atoms with E-state index in [0.29, 0.717) is 0 Å². The summed E-state index contributed by atoms with van der Waals surface area (Å²) in [7, 11) is 1.11. The predicted molar refractivity (Wildman–Crippen MR) is 53.4 cm³/mol. The molecule has 0 unspecified atom stereocenters. The van der Waals surface area contributed by atoms with E-state index in [9.17, 15) is 18.0 Å². The number of esters is 1. The van der Waals surface area contributed by atoms with Crippen LogP contribution in [0.4, 0.5) is 19.0 Å². The summed E-state index contributed by atoms with van der Waals surface area (Å²) >= 11 is 0. The summed E-state index contributed by atoms with van der Waals surface area (Å²) < 4.78 is 42.1. The Labute approximate surface area is 95.4 Å². The van der Waals surface area contributed by atoms with Crippen molar-refractivity contribution in [1.82, 2.24) is 9.55 Å². The van der Waals surface area contributed by atoms with E-state index in [1.165, 1.54) is 0 Å². The highest BCUT2D eigenvalue weighted by molar-refractivity contribution is 5.92. The van der Waals surface area contributed by atoms with E-state index in [2.05, 4.69) is 9.72 Å². The van der Waals surface area contributed by atoms with Crippen LogP contribution in [0.1, 0.15) is 23.2 Å². The van der Waals surface area contributed by atoms with Gasteiger partial charge in [-0.05, 0) is 0 Å². The molecule has 0 amide bonds. The lowest BCUT2D eigenvalue weighted by Gasteiger charge is -2.11. The Hall–Kier alpha value is -1.73. The van der Waals surface area contributed by atoms with Crippen molar-refractivity contribution in [3.63, 3.8) is 0 Å². The van der Waals surface area contributed by atoms with Gasteiger partial charge in [-0.2, -0.15) is 13.2 Å². The fraction of sp³-hybridized carbons (Fsp3) is 0.556. The molecule has 1 rings (SSSR count). The van der Waals surface area contributed by atoms with Crippen molar-refractivity contribution in [2.24, 2.45) is 0 Å². The number of anilines is 1. The molecule has 1 aromatic rings. The van der Waals surface area contributed by atoms with Crippen LogP contribution in [-0.4, -0.2) is 28.8 Å². The maximum absolute atomic E-state index is 12.3. The van der Waals surface area contributed by atoms with Gasteiger partial charge in [-0.1, -0.05) is 6.92 Å². The van der Waals surface area contributed by atoms with Crippen molar-refractivity contribution in [2.45, 2.75) is 26.1 Å². The molecule has 0 saturated heterocycles. The molecule has 0 spiro atoms. The normalized spacial score (nSPS) is 11.6. The van der Waals surface area contributed by atoms with E-state index in [1.807, 2.05) is 0 Å². The van der Waals surface area contributed by atoms with Crippen LogP contribution in [0.25, 0.3) is 0 Å². The molecule has 17 heavy (non-hydrogen) atoms. The summed E-state index contributed by atoms with van der Waals surface area (Å²) in [6, 6.07) is 0. The van der Waals surface area contributed by atoms with Crippen LogP contribution in [0.3, 0.4) is 0 Å². The summed E-state index contributed by atoms with van der Waals surface area (Å²) in [6.45, 7) is 0.349. The summed E-state index contributed by atoms with van der Waals surface area (Å²) in [5.74, 6) is -1.08. The number of aromatic nitrogens is 2. The Morgan fingerprint density at radius 1 is 1.53 bits per heavy atom. The molecule has 0 aromatic carbocycles. The minimum absolute atomic E-state index is 0.0974. The standard InChI is InChI=1S/C9H12F3N3O2/c1-3-5-14-6(8(16)17-2)7(13)15(5)4-9(10,11)12/h3-4,13H2,1-2H3. The third-order valence-electron chi connectivity index (χ3n) is 2.12. The Balaban J connectivity index is 3.20. The molecule has 0 aliphatic rings. The van der Waals surface area contributed by atoms with E-state index in [-0.39, 0.29) is 23.8 Å². The zero-order valence-corrected chi connectivity index (χ0v) is 9.34. The SMILES string of the molecule is CCc1nc(C(=O)OC)c(N)n1CC(F)(F)F. The number of halogens is 3. The van der Waals surface area contributed by atoms with E-state index >= 15 is 0 Å². The van der Waals surface area contributed by atoms with Crippen LogP contribution in [0.15, 0.2) is 0 Å². The summed E-state index contributed by atoms with van der Waals surface area (Å²) in [5, 5.41) is 0. The smallest absolute Gasteiger partial charge is 0.406 e. The number of hydrogen-bond acceptors (Lipinski definition) is 4. The van der Waals surface area contributed by atoms with Gasteiger partial charge in [-0.3, -0.25) is 0 Å². The molecule has 96 valence electrons. The van der Waals surface area contributed by atoms with Gasteiger partial charge in [0.25, 0.3) is 0 Å².